The molecule has 1 fully saturated rings. The van der Waals surface area contributed by atoms with E-state index >= 15 is 0 Å². The van der Waals surface area contributed by atoms with Gasteiger partial charge in [-0.25, -0.2) is 13.1 Å². The number of hydrogen-bond acceptors (Lipinski definition) is 6. The first-order chi connectivity index (χ1) is 16.1. The van der Waals surface area contributed by atoms with Crippen molar-refractivity contribution >= 4 is 39.1 Å². The van der Waals surface area contributed by atoms with Crippen LogP contribution in [0.4, 0.5) is 0 Å². The summed E-state index contributed by atoms with van der Waals surface area (Å²) < 4.78 is 38.8. The van der Waals surface area contributed by atoms with E-state index in [0.717, 1.165) is 23.6 Å². The van der Waals surface area contributed by atoms with Crippen LogP contribution in [0, 0.1) is 5.92 Å². The van der Waals surface area contributed by atoms with E-state index in [-0.39, 0.29) is 45.7 Å². The summed E-state index contributed by atoms with van der Waals surface area (Å²) in [7, 11) is -3.88. The second-order valence-electron chi connectivity index (χ2n) is 8.76. The van der Waals surface area contributed by atoms with E-state index in [2.05, 4.69) is 9.62 Å². The number of nitrogens with one attached hydrogen (secondary N) is 1. The summed E-state index contributed by atoms with van der Waals surface area (Å²) in [6.07, 6.45) is 0. The van der Waals surface area contributed by atoms with Gasteiger partial charge in [0.1, 0.15) is 4.90 Å². The number of fused-ring (bicyclic) bond motifs is 1. The second-order valence-corrected chi connectivity index (χ2v) is 11.3. The molecule has 184 valence electrons. The number of carbonyl (C=O) groups excluding carboxylic acids is 1. The summed E-state index contributed by atoms with van der Waals surface area (Å²) in [6, 6.07) is 8.48. The van der Waals surface area contributed by atoms with Crippen molar-refractivity contribution in [3.05, 3.63) is 51.5 Å². The molecule has 2 aliphatic heterocycles. The number of hydrogen-bond donors (Lipinski definition) is 1. The van der Waals surface area contributed by atoms with E-state index < -0.39 is 10.0 Å². The molecule has 1 amide bonds. The molecule has 2 heterocycles. The summed E-state index contributed by atoms with van der Waals surface area (Å²) >= 11 is 12.5. The minimum atomic E-state index is -3.88. The summed E-state index contributed by atoms with van der Waals surface area (Å²) in [5, 5.41) is 0.104. The Bertz CT molecular complexity index is 1180. The predicted molar refractivity (Wildman–Crippen MR) is 130 cm³/mol. The molecule has 0 aliphatic carbocycles. The number of nitrogens with zero attached hydrogens (tertiary/aromatic N) is 2. The third-order valence-electron chi connectivity index (χ3n) is 5.73. The average Bonchev–Trinajstić information content (AvgIpc) is 3.26. The normalized spacial score (nSPS) is 16.3. The highest BCUT2D eigenvalue weighted by atomic mass is 35.5. The maximum absolute atomic E-state index is 13.2. The van der Waals surface area contributed by atoms with Gasteiger partial charge in [-0.1, -0.05) is 43.1 Å². The zero-order chi connectivity index (χ0) is 24.5. The molecule has 8 nitrogen and oxygen atoms in total. The van der Waals surface area contributed by atoms with Gasteiger partial charge in [-0.15, -0.1) is 0 Å². The molecule has 4 rings (SSSR count). The molecule has 2 aliphatic rings. The van der Waals surface area contributed by atoms with E-state index in [1.165, 1.54) is 12.1 Å². The van der Waals surface area contributed by atoms with Crippen molar-refractivity contribution in [2.45, 2.75) is 25.3 Å². The molecule has 11 heteroatoms. The maximum Gasteiger partial charge on any atom is 0.255 e. The molecule has 1 N–H and O–H groups in total. The van der Waals surface area contributed by atoms with Gasteiger partial charge in [0.05, 0.1) is 15.6 Å². The fourth-order valence-corrected chi connectivity index (χ4v) is 5.90. The third kappa shape index (κ3) is 5.60. The number of carbonyl (C=O) groups is 1. The Labute approximate surface area is 209 Å². The molecule has 0 radical (unpaired) electrons. The predicted octanol–water partition coefficient (Wildman–Crippen LogP) is 3.61. The quantitative estimate of drug-likeness (QED) is 0.591. The number of piperazine rings is 1. The summed E-state index contributed by atoms with van der Waals surface area (Å²) in [5.41, 5.74) is 1.23. The minimum absolute atomic E-state index is 0.0219. The van der Waals surface area contributed by atoms with Crippen molar-refractivity contribution in [1.82, 2.24) is 14.5 Å². The molecule has 1 saturated heterocycles. The fraction of sp³-hybridized carbons (Fsp3) is 0.435. The summed E-state index contributed by atoms with van der Waals surface area (Å²) in [4.78, 5) is 17.0. The number of rotatable bonds is 7. The monoisotopic (exact) mass is 527 g/mol. The van der Waals surface area contributed by atoms with Crippen LogP contribution in [0.5, 0.6) is 11.5 Å². The van der Waals surface area contributed by atoms with Crippen LogP contribution in [-0.2, 0) is 16.6 Å². The lowest BCUT2D eigenvalue weighted by atomic mass is 10.1. The summed E-state index contributed by atoms with van der Waals surface area (Å²) in [6.45, 7) is 7.36. The highest BCUT2D eigenvalue weighted by molar-refractivity contribution is 7.89. The van der Waals surface area contributed by atoms with Crippen LogP contribution in [0.15, 0.2) is 35.2 Å². The minimum Gasteiger partial charge on any atom is -0.454 e. The van der Waals surface area contributed by atoms with E-state index in [9.17, 15) is 13.2 Å². The smallest absolute Gasteiger partial charge is 0.255 e. The third-order valence-corrected chi connectivity index (χ3v) is 7.93. The lowest BCUT2D eigenvalue weighted by molar-refractivity contribution is 0.0628. The van der Waals surface area contributed by atoms with Crippen molar-refractivity contribution in [3.63, 3.8) is 0 Å². The SMILES string of the molecule is CC(C)CNS(=O)(=O)c1cc(C(=O)N2CCN(Cc3ccc4c(c3)OCO4)CC2)c(Cl)cc1Cl. The topological polar surface area (TPSA) is 88.2 Å². The van der Waals surface area contributed by atoms with E-state index in [4.69, 9.17) is 32.7 Å². The Morgan fingerprint density at radius 3 is 2.44 bits per heavy atom. The first-order valence-electron chi connectivity index (χ1n) is 11.0. The zero-order valence-corrected chi connectivity index (χ0v) is 21.3. The van der Waals surface area contributed by atoms with Crippen LogP contribution < -0.4 is 14.2 Å². The fourth-order valence-electron chi connectivity index (χ4n) is 3.83. The number of sulfonamides is 1. The largest absolute Gasteiger partial charge is 0.454 e. The van der Waals surface area contributed by atoms with Crippen LogP contribution in [0.3, 0.4) is 0 Å². The Balaban J connectivity index is 1.42. The molecule has 0 spiro atoms. The van der Waals surface area contributed by atoms with Gasteiger partial charge in [0.2, 0.25) is 16.8 Å². The molecule has 0 unspecified atom stereocenters. The molecule has 0 saturated carbocycles. The van der Waals surface area contributed by atoms with Gasteiger partial charge in [0, 0.05) is 39.3 Å². The molecule has 0 bridgehead atoms. The molecule has 34 heavy (non-hydrogen) atoms. The van der Waals surface area contributed by atoms with Crippen molar-refractivity contribution < 1.29 is 22.7 Å². The van der Waals surface area contributed by atoms with Crippen molar-refractivity contribution in [1.29, 1.82) is 0 Å². The van der Waals surface area contributed by atoms with Gasteiger partial charge >= 0.3 is 0 Å². The van der Waals surface area contributed by atoms with E-state index in [0.29, 0.717) is 26.2 Å². The van der Waals surface area contributed by atoms with Crippen LogP contribution in [0.2, 0.25) is 10.0 Å². The Hall–Kier alpha value is -2.04. The standard InChI is InChI=1S/C23H27Cl2N3O5S/c1-15(2)12-26-34(30,31)22-10-17(18(24)11-19(22)25)23(29)28-7-5-27(6-8-28)13-16-3-4-20-21(9-16)33-14-32-20/h3-4,9-11,15,26H,5-8,12-14H2,1-2H3. The first kappa shape index (κ1) is 25.1. The summed E-state index contributed by atoms with van der Waals surface area (Å²) in [5.74, 6) is 1.30. The lowest BCUT2D eigenvalue weighted by Gasteiger charge is -2.35. The first-order valence-corrected chi connectivity index (χ1v) is 13.3. The lowest BCUT2D eigenvalue weighted by Crippen LogP contribution is -2.48. The second kappa shape index (κ2) is 10.3. The maximum atomic E-state index is 13.2. The zero-order valence-electron chi connectivity index (χ0n) is 19.0. The molecule has 0 atom stereocenters. The van der Waals surface area contributed by atoms with Gasteiger partial charge in [-0.2, -0.15) is 0 Å². The van der Waals surface area contributed by atoms with E-state index in [1.807, 2.05) is 32.0 Å². The number of benzene rings is 2. The number of ether oxygens (including phenoxy) is 2. The van der Waals surface area contributed by atoms with Crippen LogP contribution >= 0.6 is 23.2 Å². The highest BCUT2D eigenvalue weighted by Crippen LogP contribution is 2.33. The Morgan fingerprint density at radius 1 is 1.03 bits per heavy atom. The average molecular weight is 528 g/mol. The molecular weight excluding hydrogens is 501 g/mol. The molecule has 2 aromatic rings. The van der Waals surface area contributed by atoms with Gasteiger partial charge in [-0.3, -0.25) is 9.69 Å². The van der Waals surface area contributed by atoms with Crippen LogP contribution in [-0.4, -0.2) is 63.6 Å². The Morgan fingerprint density at radius 2 is 1.74 bits per heavy atom. The Kier molecular flexibility index (Phi) is 7.59. The van der Waals surface area contributed by atoms with Gasteiger partial charge in [-0.05, 0) is 35.7 Å². The molecule has 0 aromatic heterocycles. The van der Waals surface area contributed by atoms with E-state index in [1.54, 1.807) is 4.90 Å². The van der Waals surface area contributed by atoms with Crippen molar-refractivity contribution in [3.8, 4) is 11.5 Å². The van der Waals surface area contributed by atoms with Crippen LogP contribution in [0.25, 0.3) is 0 Å². The van der Waals surface area contributed by atoms with Gasteiger partial charge < -0.3 is 14.4 Å². The molecule has 2 aromatic carbocycles. The van der Waals surface area contributed by atoms with Gasteiger partial charge in [0.15, 0.2) is 11.5 Å². The number of halogens is 2. The van der Waals surface area contributed by atoms with Crippen molar-refractivity contribution in [2.24, 2.45) is 5.92 Å². The van der Waals surface area contributed by atoms with Crippen molar-refractivity contribution in [2.75, 3.05) is 39.5 Å². The number of amides is 1. The highest BCUT2D eigenvalue weighted by Gasteiger charge is 2.27. The van der Waals surface area contributed by atoms with Gasteiger partial charge in [0.25, 0.3) is 5.91 Å². The molecular formula is C23H27Cl2N3O5S. The van der Waals surface area contributed by atoms with Crippen LogP contribution in [0.1, 0.15) is 29.8 Å².